The molecule has 0 unspecified atom stereocenters. The maximum Gasteiger partial charge on any atom is 0.275 e. The van der Waals surface area contributed by atoms with Gasteiger partial charge in [-0.15, -0.1) is 5.73 Å². The molecule has 1 aromatic carbocycles. The molecule has 8 heteroatoms. The number of hydrazone groups is 1. The number of halogens is 1. The van der Waals surface area contributed by atoms with E-state index in [0.717, 1.165) is 0 Å². The normalized spacial score (nSPS) is 13.4. The van der Waals surface area contributed by atoms with Crippen LogP contribution in [-0.4, -0.2) is 23.4 Å². The van der Waals surface area contributed by atoms with E-state index in [1.165, 1.54) is 37.3 Å². The average Bonchev–Trinajstić information content (AvgIpc) is 2.61. The molecule has 0 saturated carbocycles. The molecule has 2 rings (SSSR count). The fourth-order valence-electron chi connectivity index (χ4n) is 2.17. The molecule has 0 atom stereocenters. The summed E-state index contributed by atoms with van der Waals surface area (Å²) in [6.07, 6.45) is 3.47. The molecule has 3 amide bonds. The van der Waals surface area contributed by atoms with Gasteiger partial charge in [-0.1, -0.05) is 6.08 Å². The van der Waals surface area contributed by atoms with Gasteiger partial charge in [-0.2, -0.15) is 5.10 Å². The topological polar surface area (TPSA) is 99.7 Å². The second-order valence-electron chi connectivity index (χ2n) is 5.83. The van der Waals surface area contributed by atoms with Crippen molar-refractivity contribution in [2.45, 2.75) is 26.7 Å². The monoisotopic (exact) mass is 370 g/mol. The van der Waals surface area contributed by atoms with Gasteiger partial charge in [-0.05, 0) is 31.2 Å². The number of anilines is 1. The minimum absolute atomic E-state index is 0.0286. The number of carbonyl (C=O) groups is 3. The molecule has 27 heavy (non-hydrogen) atoms. The van der Waals surface area contributed by atoms with Crippen LogP contribution in [0.4, 0.5) is 10.1 Å². The van der Waals surface area contributed by atoms with Gasteiger partial charge in [0.25, 0.3) is 5.91 Å². The number of hydrogen-bond acceptors (Lipinski definition) is 4. The van der Waals surface area contributed by atoms with Gasteiger partial charge in [-0.25, -0.2) is 9.82 Å². The molecule has 140 valence electrons. The highest BCUT2D eigenvalue weighted by Gasteiger charge is 2.11. The summed E-state index contributed by atoms with van der Waals surface area (Å²) in [5, 5.41) is 9.10. The van der Waals surface area contributed by atoms with Gasteiger partial charge in [0.15, 0.2) is 0 Å². The van der Waals surface area contributed by atoms with Crippen molar-refractivity contribution in [1.29, 1.82) is 0 Å². The van der Waals surface area contributed by atoms with Crippen LogP contribution in [0.2, 0.25) is 0 Å². The summed E-state index contributed by atoms with van der Waals surface area (Å²) in [5.41, 5.74) is 6.97. The lowest BCUT2D eigenvalue weighted by Gasteiger charge is -2.08. The molecule has 1 aliphatic rings. The lowest BCUT2D eigenvalue weighted by Crippen LogP contribution is -2.24. The van der Waals surface area contributed by atoms with Gasteiger partial charge in [0.1, 0.15) is 5.82 Å². The summed E-state index contributed by atoms with van der Waals surface area (Å²) >= 11 is 0. The Morgan fingerprint density at radius 2 is 1.85 bits per heavy atom. The fraction of sp³-hybridized carbons (Fsp3) is 0.211. The van der Waals surface area contributed by atoms with Crippen LogP contribution in [0.25, 0.3) is 0 Å². The minimum atomic E-state index is -0.442. The predicted molar refractivity (Wildman–Crippen MR) is 99.0 cm³/mol. The quantitative estimate of drug-likeness (QED) is 0.406. The van der Waals surface area contributed by atoms with Crippen LogP contribution in [0, 0.1) is 5.82 Å². The van der Waals surface area contributed by atoms with Gasteiger partial charge >= 0.3 is 0 Å². The molecule has 0 radical (unpaired) electrons. The first-order chi connectivity index (χ1) is 12.8. The van der Waals surface area contributed by atoms with E-state index in [9.17, 15) is 18.8 Å². The van der Waals surface area contributed by atoms with Crippen molar-refractivity contribution in [3.8, 4) is 0 Å². The highest BCUT2D eigenvalue weighted by atomic mass is 19.1. The van der Waals surface area contributed by atoms with Crippen molar-refractivity contribution in [1.82, 2.24) is 10.7 Å². The van der Waals surface area contributed by atoms with E-state index < -0.39 is 11.7 Å². The van der Waals surface area contributed by atoms with Crippen molar-refractivity contribution in [3.05, 3.63) is 59.2 Å². The summed E-state index contributed by atoms with van der Waals surface area (Å²) in [6.45, 7) is 2.99. The van der Waals surface area contributed by atoms with Crippen LogP contribution in [0.3, 0.4) is 0 Å². The van der Waals surface area contributed by atoms with Crippen molar-refractivity contribution in [3.63, 3.8) is 0 Å². The van der Waals surface area contributed by atoms with E-state index in [4.69, 9.17) is 0 Å². The molecule has 0 saturated heterocycles. The number of carbonyl (C=O) groups excluding carboxylic acids is 3. The summed E-state index contributed by atoms with van der Waals surface area (Å²) < 4.78 is 12.8. The van der Waals surface area contributed by atoms with Crippen LogP contribution in [-0.2, 0) is 14.4 Å². The van der Waals surface area contributed by atoms with E-state index >= 15 is 0 Å². The Hall–Kier alpha value is -3.51. The molecule has 3 N–H and O–H groups in total. The molecule has 1 aromatic rings. The highest BCUT2D eigenvalue weighted by Crippen LogP contribution is 2.10. The van der Waals surface area contributed by atoms with E-state index in [1.807, 2.05) is 0 Å². The smallest absolute Gasteiger partial charge is 0.275 e. The Bertz CT molecular complexity index is 879. The third-order valence-corrected chi connectivity index (χ3v) is 3.42. The zero-order valence-corrected chi connectivity index (χ0v) is 14.9. The minimum Gasteiger partial charge on any atom is -0.326 e. The third-order valence-electron chi connectivity index (χ3n) is 3.42. The van der Waals surface area contributed by atoms with Gasteiger partial charge in [0.05, 0.1) is 12.0 Å². The second-order valence-corrected chi connectivity index (χ2v) is 5.83. The Labute approximate surface area is 155 Å². The molecule has 0 aromatic heterocycles. The zero-order valence-electron chi connectivity index (χ0n) is 14.9. The standard InChI is InChI=1S/C19H19FN4O3/c1-12(11-18(26)22-17-9-5-15(20)6-10-17)23-24-19(27)14-3-7-16(8-4-14)21-13(2)25/h5-10H,3,11H2,1-2H3,(H,21,25)(H,22,26)(H,24,27). The highest BCUT2D eigenvalue weighted by molar-refractivity contribution is 6.06. The maximum atomic E-state index is 12.8. The van der Waals surface area contributed by atoms with Crippen LogP contribution in [0.5, 0.6) is 0 Å². The lowest BCUT2D eigenvalue weighted by molar-refractivity contribution is -0.118. The molecule has 0 heterocycles. The molecular formula is C19H19FN4O3. The largest absolute Gasteiger partial charge is 0.326 e. The first-order valence-electron chi connectivity index (χ1n) is 8.15. The lowest BCUT2D eigenvalue weighted by atomic mass is 10.1. The van der Waals surface area contributed by atoms with Crippen LogP contribution < -0.4 is 16.1 Å². The number of nitrogens with zero attached hydrogens (tertiary/aromatic N) is 1. The van der Waals surface area contributed by atoms with E-state index in [0.29, 0.717) is 29.1 Å². The Balaban J connectivity index is 1.85. The average molecular weight is 370 g/mol. The number of nitrogens with one attached hydrogen (secondary N) is 3. The zero-order chi connectivity index (χ0) is 19.8. The van der Waals surface area contributed by atoms with E-state index in [-0.39, 0.29) is 18.2 Å². The SMILES string of the molecule is CC(=O)NC1=CCC(C(=O)NN=C(C)CC(=O)Nc2ccc(F)cc2)=C=C1. The van der Waals surface area contributed by atoms with E-state index in [1.54, 1.807) is 13.0 Å². The van der Waals surface area contributed by atoms with Crippen molar-refractivity contribution < 1.29 is 18.8 Å². The van der Waals surface area contributed by atoms with Crippen LogP contribution >= 0.6 is 0 Å². The number of hydrogen-bond donors (Lipinski definition) is 3. The van der Waals surface area contributed by atoms with Crippen molar-refractivity contribution in [2.75, 3.05) is 5.32 Å². The Morgan fingerprint density at radius 3 is 2.44 bits per heavy atom. The van der Waals surface area contributed by atoms with Crippen molar-refractivity contribution in [2.24, 2.45) is 5.10 Å². The first-order valence-corrected chi connectivity index (χ1v) is 8.15. The number of allylic oxidation sites excluding steroid dienone is 2. The Morgan fingerprint density at radius 1 is 1.15 bits per heavy atom. The second kappa shape index (κ2) is 9.26. The summed E-state index contributed by atoms with van der Waals surface area (Å²) in [6, 6.07) is 5.39. The number of benzene rings is 1. The van der Waals surface area contributed by atoms with Gasteiger partial charge < -0.3 is 10.6 Å². The molecule has 0 aliphatic heterocycles. The fourth-order valence-corrected chi connectivity index (χ4v) is 2.17. The maximum absolute atomic E-state index is 12.8. The first kappa shape index (κ1) is 19.8. The predicted octanol–water partition coefficient (Wildman–Crippen LogP) is 2.15. The van der Waals surface area contributed by atoms with Gasteiger partial charge in [0.2, 0.25) is 11.8 Å². The molecule has 0 spiro atoms. The third kappa shape index (κ3) is 6.72. The molecular weight excluding hydrogens is 351 g/mol. The van der Waals surface area contributed by atoms with Crippen LogP contribution in [0.15, 0.2) is 58.5 Å². The molecule has 1 aliphatic carbocycles. The van der Waals surface area contributed by atoms with Crippen LogP contribution in [0.1, 0.15) is 26.7 Å². The van der Waals surface area contributed by atoms with Gasteiger partial charge in [0, 0.05) is 36.5 Å². The number of amides is 3. The van der Waals surface area contributed by atoms with Gasteiger partial charge in [-0.3, -0.25) is 14.4 Å². The number of rotatable bonds is 6. The molecule has 0 bridgehead atoms. The van der Waals surface area contributed by atoms with Crippen molar-refractivity contribution >= 4 is 29.1 Å². The Kier molecular flexibility index (Phi) is 6.79. The molecule has 7 nitrogen and oxygen atoms in total. The summed E-state index contributed by atoms with van der Waals surface area (Å²) in [5.74, 6) is -1.37. The van der Waals surface area contributed by atoms with E-state index in [2.05, 4.69) is 26.9 Å². The molecule has 0 fully saturated rings. The summed E-state index contributed by atoms with van der Waals surface area (Å²) in [4.78, 5) is 34.9. The summed E-state index contributed by atoms with van der Waals surface area (Å²) in [7, 11) is 0.